The zero-order valence-electron chi connectivity index (χ0n) is 15.0. The Morgan fingerprint density at radius 3 is 2.20 bits per heavy atom. The van der Waals surface area contributed by atoms with Crippen LogP contribution in [-0.2, 0) is 4.79 Å². The lowest BCUT2D eigenvalue weighted by molar-refractivity contribution is -0.114. The molecule has 130 valence electrons. The van der Waals surface area contributed by atoms with Gasteiger partial charge in [0.25, 0.3) is 0 Å². The van der Waals surface area contributed by atoms with Gasteiger partial charge >= 0.3 is 0 Å². The predicted molar refractivity (Wildman–Crippen MR) is 96.6 cm³/mol. The second-order valence-electron chi connectivity index (χ2n) is 5.78. The average molecular weight is 339 g/mol. The number of aryl methyl sites for hydroxylation is 3. The molecule has 25 heavy (non-hydrogen) atoms. The topological polar surface area (TPSA) is 89.8 Å². The Kier molecular flexibility index (Phi) is 5.59. The van der Waals surface area contributed by atoms with E-state index in [-0.39, 0.29) is 11.8 Å². The molecule has 0 atom stereocenters. The second-order valence-corrected chi connectivity index (χ2v) is 5.78. The number of nitrogens with one attached hydrogen (secondary N) is 1. The van der Waals surface area contributed by atoms with Gasteiger partial charge in [-0.05, 0) is 38.5 Å². The van der Waals surface area contributed by atoms with Crippen molar-refractivity contribution in [2.45, 2.75) is 34.6 Å². The number of amides is 1. The fourth-order valence-electron chi connectivity index (χ4n) is 2.30. The molecule has 3 rings (SSSR count). The Morgan fingerprint density at radius 2 is 1.60 bits per heavy atom. The monoisotopic (exact) mass is 339 g/mol. The number of anilines is 1. The summed E-state index contributed by atoms with van der Waals surface area (Å²) in [4.78, 5) is 30.0. The summed E-state index contributed by atoms with van der Waals surface area (Å²) in [7, 11) is 0. The fraction of sp³-hybridized carbons (Fsp3) is 0.278. The number of pyridine rings is 2. The van der Waals surface area contributed by atoms with Crippen LogP contribution in [0.4, 0.5) is 5.69 Å². The number of hydrogen-bond acceptors (Lipinski definition) is 5. The number of rotatable bonds is 1. The van der Waals surface area contributed by atoms with Crippen LogP contribution < -0.4 is 5.32 Å². The molecule has 0 bridgehead atoms. The molecule has 1 N–H and O–H groups in total. The molecule has 1 amide bonds. The lowest BCUT2D eigenvalue weighted by Gasteiger charge is -2.05. The van der Waals surface area contributed by atoms with Crippen LogP contribution in [0.2, 0.25) is 0 Å². The van der Waals surface area contributed by atoms with Crippen LogP contribution in [0.25, 0.3) is 10.9 Å². The minimum absolute atomic E-state index is 0.0660. The molecule has 0 fully saturated rings. The van der Waals surface area contributed by atoms with E-state index in [0.717, 1.165) is 33.5 Å². The fourth-order valence-corrected chi connectivity index (χ4v) is 2.30. The highest BCUT2D eigenvalue weighted by Gasteiger charge is 2.05. The van der Waals surface area contributed by atoms with Crippen molar-refractivity contribution < 1.29 is 9.59 Å². The zero-order valence-corrected chi connectivity index (χ0v) is 15.0. The summed E-state index contributed by atoms with van der Waals surface area (Å²) in [5.41, 5.74) is 4.47. The van der Waals surface area contributed by atoms with E-state index in [4.69, 9.17) is 0 Å². The Balaban J connectivity index is 0.000000181. The highest BCUT2D eigenvalue weighted by atomic mass is 16.2. The zero-order chi connectivity index (χ0) is 18.6. The van der Waals surface area contributed by atoms with Crippen LogP contribution in [0.5, 0.6) is 0 Å². The molecule has 0 saturated carbocycles. The Labute approximate surface area is 146 Å². The van der Waals surface area contributed by atoms with Crippen LogP contribution in [0.1, 0.15) is 35.6 Å². The molecule has 3 aromatic rings. The molecule has 0 unspecified atom stereocenters. The van der Waals surface area contributed by atoms with E-state index >= 15 is 0 Å². The van der Waals surface area contributed by atoms with Crippen LogP contribution in [0, 0.1) is 20.8 Å². The van der Waals surface area contributed by atoms with Crippen LogP contribution in [0.3, 0.4) is 0 Å². The van der Waals surface area contributed by atoms with Crippen molar-refractivity contribution in [1.82, 2.24) is 19.7 Å². The van der Waals surface area contributed by atoms with Gasteiger partial charge in [-0.15, -0.1) is 0 Å². The number of carbonyl (C=O) groups is 2. The third-order valence-electron chi connectivity index (χ3n) is 3.45. The highest BCUT2D eigenvalue weighted by molar-refractivity contribution is 5.89. The van der Waals surface area contributed by atoms with Gasteiger partial charge < -0.3 is 5.32 Å². The van der Waals surface area contributed by atoms with Crippen molar-refractivity contribution in [3.63, 3.8) is 0 Å². The van der Waals surface area contributed by atoms with E-state index in [1.54, 1.807) is 18.6 Å². The summed E-state index contributed by atoms with van der Waals surface area (Å²) >= 11 is 0. The number of hydrogen-bond donors (Lipinski definition) is 1. The first-order chi connectivity index (χ1) is 11.8. The maximum absolute atomic E-state index is 11.1. The molecular formula is C18H21N5O2. The molecular weight excluding hydrogens is 318 g/mol. The standard InChI is InChI=1S/C9H9N3O.C9H12N2O/c1-6-3-8-4-11-12(7(2)13)9(8)5-10-6;1-6-4-7(2)10-5-9(6)11-8(3)12/h3-5H,1-2H3;4-5H,1-3H3,(H,11,12). The highest BCUT2D eigenvalue weighted by Crippen LogP contribution is 2.13. The largest absolute Gasteiger partial charge is 0.325 e. The summed E-state index contributed by atoms with van der Waals surface area (Å²) in [5.74, 6) is -0.163. The third-order valence-corrected chi connectivity index (χ3v) is 3.45. The molecule has 0 aliphatic rings. The van der Waals surface area contributed by atoms with Crippen molar-refractivity contribution in [1.29, 1.82) is 0 Å². The first kappa shape index (κ1) is 18.3. The summed E-state index contributed by atoms with van der Waals surface area (Å²) in [6, 6.07) is 3.84. The SMILES string of the molecule is CC(=O)Nc1cnc(C)cc1C.CC(=O)n1ncc2cc(C)ncc21. The molecule has 0 aliphatic heterocycles. The molecule has 0 saturated heterocycles. The molecule has 0 radical (unpaired) electrons. The van der Waals surface area contributed by atoms with Gasteiger partial charge in [-0.25, -0.2) is 0 Å². The summed E-state index contributed by atoms with van der Waals surface area (Å²) < 4.78 is 1.35. The number of carbonyl (C=O) groups excluding carboxylic acids is 2. The lowest BCUT2D eigenvalue weighted by atomic mass is 10.2. The second kappa shape index (κ2) is 7.65. The minimum Gasteiger partial charge on any atom is -0.325 e. The lowest BCUT2D eigenvalue weighted by Crippen LogP contribution is -2.07. The predicted octanol–water partition coefficient (Wildman–Crippen LogP) is 3.06. The van der Waals surface area contributed by atoms with Crippen molar-refractivity contribution in [2.75, 3.05) is 5.32 Å². The molecule has 7 heteroatoms. The van der Waals surface area contributed by atoms with Crippen molar-refractivity contribution >= 4 is 28.4 Å². The van der Waals surface area contributed by atoms with Gasteiger partial charge in [-0.3, -0.25) is 19.6 Å². The molecule has 0 spiro atoms. The quantitative estimate of drug-likeness (QED) is 0.736. The van der Waals surface area contributed by atoms with Crippen molar-refractivity contribution in [3.05, 3.63) is 47.7 Å². The number of aromatic nitrogens is 4. The van der Waals surface area contributed by atoms with Gasteiger partial charge in [0.05, 0.1) is 29.8 Å². The molecule has 3 heterocycles. The van der Waals surface area contributed by atoms with Gasteiger partial charge in [0.2, 0.25) is 11.8 Å². The minimum atomic E-state index is -0.0966. The Bertz CT molecular complexity index is 930. The Hall–Kier alpha value is -3.09. The molecule has 0 aromatic carbocycles. The van der Waals surface area contributed by atoms with Crippen molar-refractivity contribution in [3.8, 4) is 0 Å². The smallest absolute Gasteiger partial charge is 0.244 e. The normalized spacial score (nSPS) is 10.1. The first-order valence-electron chi connectivity index (χ1n) is 7.80. The third kappa shape index (κ3) is 4.69. The maximum Gasteiger partial charge on any atom is 0.244 e. The van der Waals surface area contributed by atoms with Crippen molar-refractivity contribution in [2.24, 2.45) is 0 Å². The van der Waals surface area contributed by atoms with Crippen LogP contribution in [0.15, 0.2) is 30.7 Å². The average Bonchev–Trinajstić information content (AvgIpc) is 2.93. The van der Waals surface area contributed by atoms with Gasteiger partial charge in [-0.1, -0.05) is 0 Å². The van der Waals surface area contributed by atoms with E-state index < -0.39 is 0 Å². The first-order valence-corrected chi connectivity index (χ1v) is 7.80. The summed E-state index contributed by atoms with van der Waals surface area (Å²) in [6.45, 7) is 8.74. The summed E-state index contributed by atoms with van der Waals surface area (Å²) in [6.07, 6.45) is 5.01. The summed E-state index contributed by atoms with van der Waals surface area (Å²) in [5, 5.41) is 7.61. The van der Waals surface area contributed by atoms with E-state index in [9.17, 15) is 9.59 Å². The van der Waals surface area contributed by atoms with Gasteiger partial charge in [0.15, 0.2) is 0 Å². The van der Waals surface area contributed by atoms with E-state index in [2.05, 4.69) is 20.4 Å². The number of nitrogens with zero attached hydrogens (tertiary/aromatic N) is 4. The molecule has 7 nitrogen and oxygen atoms in total. The van der Waals surface area contributed by atoms with Crippen LogP contribution in [-0.4, -0.2) is 31.6 Å². The molecule has 0 aliphatic carbocycles. The molecule has 3 aromatic heterocycles. The van der Waals surface area contributed by atoms with E-state index in [1.165, 1.54) is 18.5 Å². The van der Waals surface area contributed by atoms with Crippen LogP contribution >= 0.6 is 0 Å². The Morgan fingerprint density at radius 1 is 0.960 bits per heavy atom. The van der Waals surface area contributed by atoms with E-state index in [0.29, 0.717) is 0 Å². The van der Waals surface area contributed by atoms with Gasteiger partial charge in [-0.2, -0.15) is 9.78 Å². The van der Waals surface area contributed by atoms with E-state index in [1.807, 2.05) is 32.9 Å². The number of fused-ring (bicyclic) bond motifs is 1. The van der Waals surface area contributed by atoms with Gasteiger partial charge in [0.1, 0.15) is 0 Å². The van der Waals surface area contributed by atoms with Gasteiger partial charge in [0, 0.05) is 30.6 Å². The maximum atomic E-state index is 11.1.